The van der Waals surface area contributed by atoms with E-state index in [2.05, 4.69) is 0 Å². The molecule has 5 nitrogen and oxygen atoms in total. The molecule has 1 saturated heterocycles. The van der Waals surface area contributed by atoms with Crippen LogP contribution >= 0.6 is 23.2 Å². The van der Waals surface area contributed by atoms with Crippen LogP contribution in [0.5, 0.6) is 0 Å². The summed E-state index contributed by atoms with van der Waals surface area (Å²) >= 11 is 11.9. The van der Waals surface area contributed by atoms with Gasteiger partial charge in [0.05, 0.1) is 29.4 Å². The lowest BCUT2D eigenvalue weighted by molar-refractivity contribution is 0.0104. The van der Waals surface area contributed by atoms with Crippen LogP contribution in [0.25, 0.3) is 0 Å². The number of carbonyl (C=O) groups is 1. The smallest absolute Gasteiger partial charge is 0.407 e. The van der Waals surface area contributed by atoms with E-state index in [1.807, 2.05) is 0 Å². The molecular formula is C13H15Cl2NO4. The fourth-order valence-corrected chi connectivity index (χ4v) is 2.60. The maximum Gasteiger partial charge on any atom is 0.407 e. The minimum absolute atomic E-state index is 0.182. The molecule has 110 valence electrons. The number of nitrogens with zero attached hydrogens (tertiary/aromatic N) is 1. The lowest BCUT2D eigenvalue weighted by Gasteiger charge is -2.26. The van der Waals surface area contributed by atoms with Gasteiger partial charge < -0.3 is 19.8 Å². The van der Waals surface area contributed by atoms with Crippen molar-refractivity contribution in [1.29, 1.82) is 0 Å². The van der Waals surface area contributed by atoms with E-state index in [1.165, 1.54) is 4.90 Å². The van der Waals surface area contributed by atoms with E-state index < -0.39 is 12.2 Å². The van der Waals surface area contributed by atoms with Crippen LogP contribution in [0.4, 0.5) is 4.79 Å². The summed E-state index contributed by atoms with van der Waals surface area (Å²) in [6.07, 6.45) is -1.46. The maximum absolute atomic E-state index is 11.2. The second-order valence-corrected chi connectivity index (χ2v) is 5.41. The SMILES string of the molecule is O=C(O)N1CCO[C@H](CO)[C@@H](c2ccc(Cl)c(Cl)c2)C1. The molecule has 0 aromatic heterocycles. The lowest BCUT2D eigenvalue weighted by atomic mass is 9.93. The highest BCUT2D eigenvalue weighted by molar-refractivity contribution is 6.42. The van der Waals surface area contributed by atoms with Gasteiger partial charge in [-0.05, 0) is 17.7 Å². The van der Waals surface area contributed by atoms with Gasteiger partial charge in [-0.3, -0.25) is 0 Å². The van der Waals surface area contributed by atoms with E-state index in [4.69, 9.17) is 33.0 Å². The molecule has 1 aromatic carbocycles. The zero-order chi connectivity index (χ0) is 14.7. The van der Waals surface area contributed by atoms with Crippen LogP contribution in [0, 0.1) is 0 Å². The molecule has 20 heavy (non-hydrogen) atoms. The van der Waals surface area contributed by atoms with E-state index in [-0.39, 0.29) is 32.2 Å². The van der Waals surface area contributed by atoms with Crippen LogP contribution in [-0.2, 0) is 4.74 Å². The highest BCUT2D eigenvalue weighted by Gasteiger charge is 2.31. The van der Waals surface area contributed by atoms with E-state index in [1.54, 1.807) is 18.2 Å². The summed E-state index contributed by atoms with van der Waals surface area (Å²) < 4.78 is 5.54. The Labute approximate surface area is 126 Å². The number of aliphatic hydroxyl groups is 1. The zero-order valence-electron chi connectivity index (χ0n) is 10.6. The number of aliphatic hydroxyl groups excluding tert-OH is 1. The Morgan fingerprint density at radius 2 is 2.15 bits per heavy atom. The average molecular weight is 320 g/mol. The van der Waals surface area contributed by atoms with Crippen LogP contribution in [0.15, 0.2) is 18.2 Å². The van der Waals surface area contributed by atoms with Crippen LogP contribution in [0.2, 0.25) is 10.0 Å². The van der Waals surface area contributed by atoms with Crippen molar-refractivity contribution in [2.45, 2.75) is 12.0 Å². The van der Waals surface area contributed by atoms with Crippen LogP contribution in [0.1, 0.15) is 11.5 Å². The van der Waals surface area contributed by atoms with Crippen LogP contribution in [-0.4, -0.2) is 53.6 Å². The molecule has 0 unspecified atom stereocenters. The van der Waals surface area contributed by atoms with Crippen molar-refractivity contribution in [2.75, 3.05) is 26.3 Å². The summed E-state index contributed by atoms with van der Waals surface area (Å²) in [5.41, 5.74) is 0.798. The molecule has 2 rings (SSSR count). The lowest BCUT2D eigenvalue weighted by Crippen LogP contribution is -2.35. The van der Waals surface area contributed by atoms with E-state index in [0.717, 1.165) is 5.56 Å². The Morgan fingerprint density at radius 3 is 2.75 bits per heavy atom. The van der Waals surface area contributed by atoms with E-state index >= 15 is 0 Å². The summed E-state index contributed by atoms with van der Waals surface area (Å²) in [6.45, 7) is 0.607. The van der Waals surface area contributed by atoms with Crippen molar-refractivity contribution in [2.24, 2.45) is 0 Å². The van der Waals surface area contributed by atoms with Gasteiger partial charge in [0.1, 0.15) is 0 Å². The molecule has 1 heterocycles. The Bertz CT molecular complexity index is 497. The normalized spacial score (nSPS) is 23.4. The number of hydrogen-bond acceptors (Lipinski definition) is 3. The van der Waals surface area contributed by atoms with Crippen molar-refractivity contribution in [3.63, 3.8) is 0 Å². The molecule has 0 radical (unpaired) electrons. The molecule has 1 aliphatic heterocycles. The quantitative estimate of drug-likeness (QED) is 0.878. The van der Waals surface area contributed by atoms with Gasteiger partial charge in [0.2, 0.25) is 0 Å². The topological polar surface area (TPSA) is 70.0 Å². The highest BCUT2D eigenvalue weighted by atomic mass is 35.5. The predicted octanol–water partition coefficient (Wildman–Crippen LogP) is 2.45. The van der Waals surface area contributed by atoms with Gasteiger partial charge in [0, 0.05) is 19.0 Å². The molecule has 7 heteroatoms. The predicted molar refractivity (Wildman–Crippen MR) is 75.6 cm³/mol. The van der Waals surface area contributed by atoms with Crippen molar-refractivity contribution in [3.05, 3.63) is 33.8 Å². The molecule has 2 N–H and O–H groups in total. The van der Waals surface area contributed by atoms with Crippen molar-refractivity contribution in [1.82, 2.24) is 4.90 Å². The number of hydrogen-bond donors (Lipinski definition) is 2. The summed E-state index contributed by atoms with van der Waals surface area (Å²) in [5, 5.41) is 19.4. The fourth-order valence-electron chi connectivity index (χ4n) is 2.29. The van der Waals surface area contributed by atoms with Crippen molar-refractivity contribution < 1.29 is 19.7 Å². The first-order chi connectivity index (χ1) is 9.52. The number of rotatable bonds is 2. The Kier molecular flexibility index (Phi) is 5.10. The molecule has 0 spiro atoms. The molecular weight excluding hydrogens is 305 g/mol. The Hall–Kier alpha value is -1.01. The van der Waals surface area contributed by atoms with E-state index in [9.17, 15) is 9.90 Å². The minimum Gasteiger partial charge on any atom is -0.465 e. The first kappa shape index (κ1) is 15.4. The molecule has 1 aliphatic rings. The number of benzene rings is 1. The van der Waals surface area contributed by atoms with Crippen molar-refractivity contribution >= 4 is 29.3 Å². The summed E-state index contributed by atoms with van der Waals surface area (Å²) in [4.78, 5) is 12.4. The number of carboxylic acid groups (broad SMARTS) is 1. The Morgan fingerprint density at radius 1 is 1.40 bits per heavy atom. The molecule has 0 saturated carbocycles. The maximum atomic E-state index is 11.2. The average Bonchev–Trinajstić information content (AvgIpc) is 2.64. The molecule has 0 bridgehead atoms. The number of ether oxygens (including phenoxy) is 1. The van der Waals surface area contributed by atoms with Crippen molar-refractivity contribution in [3.8, 4) is 0 Å². The van der Waals surface area contributed by atoms with Gasteiger partial charge in [0.15, 0.2) is 0 Å². The first-order valence-electron chi connectivity index (χ1n) is 6.18. The largest absolute Gasteiger partial charge is 0.465 e. The van der Waals surface area contributed by atoms with Crippen LogP contribution < -0.4 is 0 Å². The molecule has 2 atom stereocenters. The second-order valence-electron chi connectivity index (χ2n) is 4.60. The molecule has 1 fully saturated rings. The van der Waals surface area contributed by atoms with Gasteiger partial charge in [-0.2, -0.15) is 0 Å². The van der Waals surface area contributed by atoms with Gasteiger partial charge in [0.25, 0.3) is 0 Å². The molecule has 0 aliphatic carbocycles. The van der Waals surface area contributed by atoms with Crippen LogP contribution in [0.3, 0.4) is 0 Å². The first-order valence-corrected chi connectivity index (χ1v) is 6.93. The summed E-state index contributed by atoms with van der Waals surface area (Å²) in [5.74, 6) is -0.284. The standard InChI is InChI=1S/C13H15Cl2NO4/c14-10-2-1-8(5-11(10)15)9-6-16(13(18)19)3-4-20-12(9)7-17/h1-2,5,9,12,17H,3-4,6-7H2,(H,18,19)/t9-,12-/m1/s1. The minimum atomic E-state index is -1.00. The third kappa shape index (κ3) is 3.35. The van der Waals surface area contributed by atoms with Gasteiger partial charge >= 0.3 is 6.09 Å². The monoisotopic (exact) mass is 319 g/mol. The third-order valence-electron chi connectivity index (χ3n) is 3.38. The van der Waals surface area contributed by atoms with Gasteiger partial charge in [-0.15, -0.1) is 0 Å². The number of amides is 1. The van der Waals surface area contributed by atoms with Gasteiger partial charge in [-0.1, -0.05) is 29.3 Å². The van der Waals surface area contributed by atoms with Gasteiger partial charge in [-0.25, -0.2) is 4.79 Å². The Balaban J connectivity index is 2.31. The summed E-state index contributed by atoms with van der Waals surface area (Å²) in [6, 6.07) is 5.12. The fraction of sp³-hybridized carbons (Fsp3) is 0.462. The third-order valence-corrected chi connectivity index (χ3v) is 4.12. The highest BCUT2D eigenvalue weighted by Crippen LogP contribution is 2.30. The molecule has 1 aromatic rings. The zero-order valence-corrected chi connectivity index (χ0v) is 12.1. The number of halogens is 2. The second kappa shape index (κ2) is 6.63. The van der Waals surface area contributed by atoms with E-state index in [0.29, 0.717) is 10.0 Å². The summed E-state index contributed by atoms with van der Waals surface area (Å²) in [7, 11) is 0. The molecule has 1 amide bonds.